The summed E-state index contributed by atoms with van der Waals surface area (Å²) in [4.78, 5) is 26.4. The van der Waals surface area contributed by atoms with E-state index < -0.39 is 29.8 Å². The molecule has 0 aliphatic carbocycles. The van der Waals surface area contributed by atoms with E-state index in [1.807, 2.05) is 50.2 Å². The quantitative estimate of drug-likeness (QED) is 0.410. The lowest BCUT2D eigenvalue weighted by atomic mass is 9.99. The maximum atomic E-state index is 13.9. The van der Waals surface area contributed by atoms with Gasteiger partial charge in [0.25, 0.3) is 11.8 Å². The standard InChI is InChI=1S/C27H26FN3O4.C2H6/c1-2-31(17-19-7-4-3-5-8-19)27(35)25(33)24(32)26(34)30-16-18-11-13-20(14-12-18)21-9-6-10-23(28)22(21)15-29;1-2/h3-14,24-25,32-33H,2,16-17H2,1H3,(H,30,34);1-2H3. The van der Waals surface area contributed by atoms with Crippen LogP contribution in [0.2, 0.25) is 0 Å². The minimum Gasteiger partial charge on any atom is -0.380 e. The third-order valence-electron chi connectivity index (χ3n) is 5.59. The molecule has 37 heavy (non-hydrogen) atoms. The molecule has 0 aromatic heterocycles. The summed E-state index contributed by atoms with van der Waals surface area (Å²) >= 11 is 0. The number of nitrogens with one attached hydrogen (secondary N) is 1. The summed E-state index contributed by atoms with van der Waals surface area (Å²) in [6, 6.07) is 22.2. The molecule has 8 heteroatoms. The molecule has 0 radical (unpaired) electrons. The molecule has 0 bridgehead atoms. The van der Waals surface area contributed by atoms with E-state index in [1.165, 1.54) is 17.0 Å². The van der Waals surface area contributed by atoms with Crippen LogP contribution < -0.4 is 5.32 Å². The molecule has 0 saturated carbocycles. The van der Waals surface area contributed by atoms with Crippen molar-refractivity contribution in [3.8, 4) is 17.2 Å². The number of likely N-dealkylation sites (N-methyl/N-ethyl adjacent to an activating group) is 1. The van der Waals surface area contributed by atoms with Crippen LogP contribution in [0.4, 0.5) is 4.39 Å². The summed E-state index contributed by atoms with van der Waals surface area (Å²) in [7, 11) is 0. The number of halogens is 1. The van der Waals surface area contributed by atoms with Crippen molar-refractivity contribution in [1.82, 2.24) is 10.2 Å². The molecule has 2 unspecified atom stereocenters. The molecule has 3 N–H and O–H groups in total. The van der Waals surface area contributed by atoms with Crippen LogP contribution in [-0.4, -0.2) is 45.7 Å². The molecular formula is C29H32FN3O4. The first-order valence-corrected chi connectivity index (χ1v) is 12.1. The summed E-state index contributed by atoms with van der Waals surface area (Å²) in [5, 5.41) is 32.3. The van der Waals surface area contributed by atoms with Crippen molar-refractivity contribution in [3.63, 3.8) is 0 Å². The second-order valence-corrected chi connectivity index (χ2v) is 7.92. The summed E-state index contributed by atoms with van der Waals surface area (Å²) in [6.07, 6.45) is -3.84. The molecule has 3 aromatic rings. The Hall–Kier alpha value is -4.06. The number of hydrogen-bond acceptors (Lipinski definition) is 5. The SMILES string of the molecule is CC.CCN(Cc1ccccc1)C(=O)C(O)C(O)C(=O)NCc1ccc(-c2cccc(F)c2C#N)cc1. The molecule has 2 amide bonds. The maximum Gasteiger partial charge on any atom is 0.254 e. The Labute approximate surface area is 216 Å². The van der Waals surface area contributed by atoms with Crippen molar-refractivity contribution < 1.29 is 24.2 Å². The Morgan fingerprint density at radius 3 is 2.19 bits per heavy atom. The van der Waals surface area contributed by atoms with Gasteiger partial charge in [0.2, 0.25) is 0 Å². The Balaban J connectivity index is 0.00000235. The van der Waals surface area contributed by atoms with E-state index in [0.29, 0.717) is 23.2 Å². The minimum absolute atomic E-state index is 0.0346. The molecule has 7 nitrogen and oxygen atoms in total. The topological polar surface area (TPSA) is 114 Å². The molecule has 2 atom stereocenters. The van der Waals surface area contributed by atoms with Gasteiger partial charge in [-0.1, -0.05) is 80.6 Å². The molecule has 0 saturated heterocycles. The lowest BCUT2D eigenvalue weighted by Gasteiger charge is -2.26. The number of hydrogen-bond donors (Lipinski definition) is 3. The molecule has 0 aliphatic heterocycles. The molecule has 194 valence electrons. The number of rotatable bonds is 9. The van der Waals surface area contributed by atoms with Crippen molar-refractivity contribution in [2.75, 3.05) is 6.54 Å². The monoisotopic (exact) mass is 505 g/mol. The third kappa shape index (κ3) is 7.71. The van der Waals surface area contributed by atoms with Crippen molar-refractivity contribution in [3.05, 3.63) is 95.3 Å². The fourth-order valence-electron chi connectivity index (χ4n) is 3.59. The van der Waals surface area contributed by atoms with Gasteiger partial charge in [0.15, 0.2) is 12.2 Å². The van der Waals surface area contributed by atoms with Gasteiger partial charge < -0.3 is 20.4 Å². The fourth-order valence-corrected chi connectivity index (χ4v) is 3.59. The summed E-state index contributed by atoms with van der Waals surface area (Å²) in [5.41, 5.74) is 2.57. The van der Waals surface area contributed by atoms with E-state index in [-0.39, 0.29) is 18.7 Å². The van der Waals surface area contributed by atoms with Gasteiger partial charge in [0.05, 0.1) is 5.56 Å². The van der Waals surface area contributed by atoms with Gasteiger partial charge in [-0.25, -0.2) is 4.39 Å². The van der Waals surface area contributed by atoms with Gasteiger partial charge in [-0.3, -0.25) is 9.59 Å². The highest BCUT2D eigenvalue weighted by Crippen LogP contribution is 2.25. The smallest absolute Gasteiger partial charge is 0.254 e. The highest BCUT2D eigenvalue weighted by Gasteiger charge is 2.32. The van der Waals surface area contributed by atoms with E-state index in [0.717, 1.165) is 5.56 Å². The van der Waals surface area contributed by atoms with Crippen LogP contribution in [0, 0.1) is 17.1 Å². The molecule has 0 fully saturated rings. The predicted molar refractivity (Wildman–Crippen MR) is 139 cm³/mol. The molecule has 3 aromatic carbocycles. The number of carbonyl (C=O) groups excluding carboxylic acids is 2. The van der Waals surface area contributed by atoms with E-state index >= 15 is 0 Å². The first kappa shape index (κ1) is 29.2. The number of carbonyl (C=O) groups is 2. The number of nitriles is 1. The summed E-state index contributed by atoms with van der Waals surface area (Å²) in [6.45, 7) is 6.32. The first-order chi connectivity index (χ1) is 17.8. The number of benzene rings is 3. The molecular weight excluding hydrogens is 473 g/mol. The van der Waals surface area contributed by atoms with E-state index in [2.05, 4.69) is 5.32 Å². The average molecular weight is 506 g/mol. The van der Waals surface area contributed by atoms with Gasteiger partial charge in [-0.15, -0.1) is 0 Å². The van der Waals surface area contributed by atoms with Crippen molar-refractivity contribution in [1.29, 1.82) is 5.26 Å². The van der Waals surface area contributed by atoms with E-state index in [1.54, 1.807) is 37.3 Å². The van der Waals surface area contributed by atoms with Crippen LogP contribution in [0.25, 0.3) is 11.1 Å². The summed E-state index contributed by atoms with van der Waals surface area (Å²) in [5.74, 6) is -2.23. The maximum absolute atomic E-state index is 13.9. The lowest BCUT2D eigenvalue weighted by molar-refractivity contribution is -0.153. The van der Waals surface area contributed by atoms with Gasteiger partial charge in [0, 0.05) is 25.2 Å². The normalized spacial score (nSPS) is 11.8. The molecule has 0 spiro atoms. The lowest BCUT2D eigenvalue weighted by Crippen LogP contribution is -2.50. The van der Waals surface area contributed by atoms with Crippen molar-refractivity contribution in [2.24, 2.45) is 0 Å². The summed E-state index contributed by atoms with van der Waals surface area (Å²) < 4.78 is 13.9. The van der Waals surface area contributed by atoms with Crippen LogP contribution in [0.5, 0.6) is 0 Å². The Morgan fingerprint density at radius 2 is 1.59 bits per heavy atom. The average Bonchev–Trinajstić information content (AvgIpc) is 2.95. The van der Waals surface area contributed by atoms with Gasteiger partial charge in [-0.2, -0.15) is 5.26 Å². The molecule has 0 heterocycles. The minimum atomic E-state index is -1.93. The third-order valence-corrected chi connectivity index (χ3v) is 5.59. The number of aliphatic hydroxyl groups excluding tert-OH is 2. The second kappa shape index (κ2) is 14.5. The van der Waals surface area contributed by atoms with Crippen molar-refractivity contribution >= 4 is 11.8 Å². The van der Waals surface area contributed by atoms with Crippen LogP contribution in [0.1, 0.15) is 37.5 Å². The van der Waals surface area contributed by atoms with Crippen LogP contribution in [0.3, 0.4) is 0 Å². The van der Waals surface area contributed by atoms with Crippen LogP contribution in [-0.2, 0) is 22.7 Å². The zero-order valence-electron chi connectivity index (χ0n) is 21.2. The number of aliphatic hydroxyl groups is 2. The molecule has 3 rings (SSSR count). The predicted octanol–water partition coefficient (Wildman–Crippen LogP) is 3.78. The zero-order valence-corrected chi connectivity index (χ0v) is 21.2. The van der Waals surface area contributed by atoms with Crippen LogP contribution in [0.15, 0.2) is 72.8 Å². The Kier molecular flexibility index (Phi) is 11.4. The van der Waals surface area contributed by atoms with E-state index in [4.69, 9.17) is 0 Å². The largest absolute Gasteiger partial charge is 0.380 e. The van der Waals surface area contributed by atoms with Crippen LogP contribution >= 0.6 is 0 Å². The zero-order chi connectivity index (χ0) is 27.4. The highest BCUT2D eigenvalue weighted by atomic mass is 19.1. The Morgan fingerprint density at radius 1 is 0.946 bits per heavy atom. The number of amides is 2. The van der Waals surface area contributed by atoms with Gasteiger partial charge in [0.1, 0.15) is 11.9 Å². The number of nitrogens with zero attached hydrogens (tertiary/aromatic N) is 2. The van der Waals surface area contributed by atoms with Gasteiger partial charge >= 0.3 is 0 Å². The highest BCUT2D eigenvalue weighted by molar-refractivity contribution is 5.90. The van der Waals surface area contributed by atoms with Gasteiger partial charge in [-0.05, 0) is 29.7 Å². The molecule has 0 aliphatic rings. The van der Waals surface area contributed by atoms with E-state index in [9.17, 15) is 29.5 Å². The fraction of sp³-hybridized carbons (Fsp3) is 0.276. The second-order valence-electron chi connectivity index (χ2n) is 7.92. The Bertz CT molecular complexity index is 1210. The van der Waals surface area contributed by atoms with Crippen molar-refractivity contribution in [2.45, 2.75) is 46.1 Å². The first-order valence-electron chi connectivity index (χ1n) is 12.1.